The van der Waals surface area contributed by atoms with Crippen molar-refractivity contribution in [2.24, 2.45) is 0 Å². The van der Waals surface area contributed by atoms with E-state index >= 15 is 0 Å². The summed E-state index contributed by atoms with van der Waals surface area (Å²) in [5.41, 5.74) is -0.0651. The lowest BCUT2D eigenvalue weighted by Crippen LogP contribution is -2.22. The number of rotatable bonds is 5. The Bertz CT molecular complexity index is 681. The van der Waals surface area contributed by atoms with E-state index in [1.807, 2.05) is 0 Å². The summed E-state index contributed by atoms with van der Waals surface area (Å²) >= 11 is 0. The number of ether oxygens (including phenoxy) is 1. The number of carbonyl (C=O) groups is 1. The molecule has 1 N–H and O–H groups in total. The Balaban J connectivity index is 1.93. The van der Waals surface area contributed by atoms with Gasteiger partial charge < -0.3 is 10.1 Å². The average molecular weight is 345 g/mol. The third kappa shape index (κ3) is 4.94. The predicted molar refractivity (Wildman–Crippen MR) is 75.7 cm³/mol. The molecule has 128 valence electrons. The Morgan fingerprint density at radius 1 is 1.00 bits per heavy atom. The second-order valence-electron chi connectivity index (χ2n) is 4.78. The number of nitrogens with one attached hydrogen (secondary N) is 1. The topological polar surface area (TPSA) is 38.3 Å². The first-order valence-corrected chi connectivity index (χ1v) is 6.75. The second-order valence-corrected chi connectivity index (χ2v) is 4.78. The maximum Gasteiger partial charge on any atom is 0.416 e. The molecule has 8 heteroatoms. The Morgan fingerprint density at radius 3 is 2.08 bits per heavy atom. The van der Waals surface area contributed by atoms with E-state index in [0.29, 0.717) is 5.56 Å². The molecule has 0 spiro atoms. The summed E-state index contributed by atoms with van der Waals surface area (Å²) in [7, 11) is 0. The third-order valence-electron chi connectivity index (χ3n) is 3.08. The summed E-state index contributed by atoms with van der Waals surface area (Å²) < 4.78 is 65.5. The van der Waals surface area contributed by atoms with Gasteiger partial charge >= 0.3 is 12.8 Å². The zero-order chi connectivity index (χ0) is 17.7. The molecule has 1 amide bonds. The highest BCUT2D eigenvalue weighted by molar-refractivity contribution is 5.94. The first kappa shape index (κ1) is 17.7. The fourth-order valence-electron chi connectivity index (χ4n) is 1.88. The molecule has 24 heavy (non-hydrogen) atoms. The summed E-state index contributed by atoms with van der Waals surface area (Å²) in [6.45, 7) is -2.92. The van der Waals surface area contributed by atoms with Crippen LogP contribution in [0.1, 0.15) is 21.5 Å². The maximum atomic E-state index is 12.4. The van der Waals surface area contributed by atoms with Crippen molar-refractivity contribution in [2.45, 2.75) is 19.3 Å². The molecule has 2 aromatic carbocycles. The van der Waals surface area contributed by atoms with Crippen molar-refractivity contribution >= 4 is 5.91 Å². The molecule has 0 aliphatic carbocycles. The van der Waals surface area contributed by atoms with Gasteiger partial charge in [-0.1, -0.05) is 12.1 Å². The van der Waals surface area contributed by atoms with Crippen molar-refractivity contribution in [3.05, 3.63) is 65.2 Å². The minimum Gasteiger partial charge on any atom is -0.435 e. The molecule has 0 fully saturated rings. The Kier molecular flexibility index (Phi) is 5.38. The standard InChI is InChI=1S/C16H12F5NO2/c17-15(18)24-13-7-3-11(4-8-13)14(23)22-9-10-1-5-12(6-2-10)16(19,20)21/h1-8,15H,9H2,(H,22,23). The van der Waals surface area contributed by atoms with E-state index in [9.17, 15) is 26.7 Å². The Morgan fingerprint density at radius 2 is 1.58 bits per heavy atom. The molecule has 0 bridgehead atoms. The van der Waals surface area contributed by atoms with E-state index in [0.717, 1.165) is 12.1 Å². The van der Waals surface area contributed by atoms with Crippen LogP contribution >= 0.6 is 0 Å². The lowest BCUT2D eigenvalue weighted by molar-refractivity contribution is -0.137. The van der Waals surface area contributed by atoms with Gasteiger partial charge in [-0.15, -0.1) is 0 Å². The number of carbonyl (C=O) groups excluding carboxylic acids is 1. The van der Waals surface area contributed by atoms with Crippen molar-refractivity contribution in [3.8, 4) is 5.75 Å². The Hall–Kier alpha value is -2.64. The van der Waals surface area contributed by atoms with Crippen LogP contribution in [0.5, 0.6) is 5.75 Å². The molecule has 0 unspecified atom stereocenters. The lowest BCUT2D eigenvalue weighted by atomic mass is 10.1. The van der Waals surface area contributed by atoms with Crippen molar-refractivity contribution in [2.75, 3.05) is 0 Å². The molecule has 2 aromatic rings. The van der Waals surface area contributed by atoms with Gasteiger partial charge in [-0.05, 0) is 42.0 Å². The van der Waals surface area contributed by atoms with Gasteiger partial charge in [-0.2, -0.15) is 22.0 Å². The van der Waals surface area contributed by atoms with Gasteiger partial charge in [-0.3, -0.25) is 4.79 Å². The second kappa shape index (κ2) is 7.29. The van der Waals surface area contributed by atoms with Crippen LogP contribution in [0.4, 0.5) is 22.0 Å². The zero-order valence-electron chi connectivity index (χ0n) is 12.1. The summed E-state index contributed by atoms with van der Waals surface area (Å²) in [6.07, 6.45) is -4.41. The quantitative estimate of drug-likeness (QED) is 0.824. The SMILES string of the molecule is O=C(NCc1ccc(C(F)(F)F)cc1)c1ccc(OC(F)F)cc1. The highest BCUT2D eigenvalue weighted by Gasteiger charge is 2.29. The van der Waals surface area contributed by atoms with Crippen LogP contribution in [-0.4, -0.2) is 12.5 Å². The van der Waals surface area contributed by atoms with Gasteiger partial charge in [0.1, 0.15) is 5.75 Å². The summed E-state index contributed by atoms with van der Waals surface area (Å²) in [4.78, 5) is 11.9. The normalized spacial score (nSPS) is 11.4. The van der Waals surface area contributed by atoms with Crippen LogP contribution in [0, 0.1) is 0 Å². The number of hydrogen-bond acceptors (Lipinski definition) is 2. The number of hydrogen-bond donors (Lipinski definition) is 1. The van der Waals surface area contributed by atoms with Crippen LogP contribution in [0.2, 0.25) is 0 Å². The highest BCUT2D eigenvalue weighted by atomic mass is 19.4. The average Bonchev–Trinajstić information content (AvgIpc) is 2.52. The first-order valence-electron chi connectivity index (χ1n) is 6.75. The first-order chi connectivity index (χ1) is 11.3. The van der Waals surface area contributed by atoms with E-state index in [-0.39, 0.29) is 17.9 Å². The molecule has 0 radical (unpaired) electrons. The van der Waals surface area contributed by atoms with Crippen LogP contribution in [0.15, 0.2) is 48.5 Å². The van der Waals surface area contributed by atoms with Gasteiger partial charge in [-0.25, -0.2) is 0 Å². The van der Waals surface area contributed by atoms with E-state index in [1.165, 1.54) is 36.4 Å². The van der Waals surface area contributed by atoms with Crippen LogP contribution in [0.25, 0.3) is 0 Å². The predicted octanol–water partition coefficient (Wildman–Crippen LogP) is 4.24. The van der Waals surface area contributed by atoms with Gasteiger partial charge in [0.15, 0.2) is 0 Å². The molecule has 0 saturated carbocycles. The largest absolute Gasteiger partial charge is 0.435 e. The number of halogens is 5. The molecular formula is C16H12F5NO2. The van der Waals surface area contributed by atoms with Crippen LogP contribution in [-0.2, 0) is 12.7 Å². The lowest BCUT2D eigenvalue weighted by Gasteiger charge is -2.09. The fourth-order valence-corrected chi connectivity index (χ4v) is 1.88. The van der Waals surface area contributed by atoms with E-state index < -0.39 is 24.3 Å². The third-order valence-corrected chi connectivity index (χ3v) is 3.08. The van der Waals surface area contributed by atoms with E-state index in [4.69, 9.17) is 0 Å². The number of benzene rings is 2. The molecule has 0 atom stereocenters. The van der Waals surface area contributed by atoms with Crippen molar-refractivity contribution in [1.29, 1.82) is 0 Å². The van der Waals surface area contributed by atoms with E-state index in [2.05, 4.69) is 10.1 Å². The molecule has 2 rings (SSSR count). The van der Waals surface area contributed by atoms with Gasteiger partial charge in [0.25, 0.3) is 5.91 Å². The van der Waals surface area contributed by atoms with Gasteiger partial charge in [0, 0.05) is 12.1 Å². The summed E-state index contributed by atoms with van der Waals surface area (Å²) in [5.74, 6) is -0.567. The smallest absolute Gasteiger partial charge is 0.416 e. The molecular weight excluding hydrogens is 333 g/mol. The fraction of sp³-hybridized carbons (Fsp3) is 0.188. The van der Waals surface area contributed by atoms with Crippen molar-refractivity contribution < 1.29 is 31.5 Å². The molecule has 0 aliphatic heterocycles. The molecule has 3 nitrogen and oxygen atoms in total. The summed E-state index contributed by atoms with van der Waals surface area (Å²) in [6, 6.07) is 9.44. The monoisotopic (exact) mass is 345 g/mol. The molecule has 0 saturated heterocycles. The maximum absolute atomic E-state index is 12.4. The zero-order valence-corrected chi connectivity index (χ0v) is 12.1. The molecule has 0 aromatic heterocycles. The van der Waals surface area contributed by atoms with Crippen molar-refractivity contribution in [1.82, 2.24) is 5.32 Å². The van der Waals surface area contributed by atoms with Crippen LogP contribution in [0.3, 0.4) is 0 Å². The summed E-state index contributed by atoms with van der Waals surface area (Å²) in [5, 5.41) is 2.52. The minimum absolute atomic E-state index is 0.0340. The van der Waals surface area contributed by atoms with E-state index in [1.54, 1.807) is 0 Å². The molecule has 0 aliphatic rings. The molecule has 0 heterocycles. The highest BCUT2D eigenvalue weighted by Crippen LogP contribution is 2.29. The van der Waals surface area contributed by atoms with Gasteiger partial charge in [0.05, 0.1) is 5.56 Å². The Labute approximate surface area is 134 Å². The van der Waals surface area contributed by atoms with Crippen molar-refractivity contribution in [3.63, 3.8) is 0 Å². The van der Waals surface area contributed by atoms with Crippen LogP contribution < -0.4 is 10.1 Å². The number of alkyl halides is 5. The van der Waals surface area contributed by atoms with Gasteiger partial charge in [0.2, 0.25) is 0 Å². The number of amides is 1. The minimum atomic E-state index is -4.41.